The van der Waals surface area contributed by atoms with Gasteiger partial charge in [-0.1, -0.05) is 42.8 Å². The molecule has 1 aliphatic heterocycles. The Bertz CT molecular complexity index is 1230. The van der Waals surface area contributed by atoms with Gasteiger partial charge in [-0.15, -0.1) is 0 Å². The summed E-state index contributed by atoms with van der Waals surface area (Å²) in [5, 5.41) is 3.73. The number of carbonyl (C=O) groups is 1. The van der Waals surface area contributed by atoms with E-state index in [1.54, 1.807) is 12.1 Å². The summed E-state index contributed by atoms with van der Waals surface area (Å²) in [6, 6.07) is 11.4. The summed E-state index contributed by atoms with van der Waals surface area (Å²) in [6.45, 7) is 5.92. The van der Waals surface area contributed by atoms with Crippen LogP contribution in [-0.4, -0.2) is 25.9 Å². The number of halogens is 4. The second-order valence-corrected chi connectivity index (χ2v) is 11.5. The Balaban J connectivity index is 1.78. The van der Waals surface area contributed by atoms with E-state index in [-0.39, 0.29) is 29.7 Å². The summed E-state index contributed by atoms with van der Waals surface area (Å²) in [5.41, 5.74) is -3.32. The normalized spacial score (nSPS) is 28.9. The van der Waals surface area contributed by atoms with Crippen LogP contribution in [0.1, 0.15) is 61.6 Å². The molecule has 190 valence electrons. The molecule has 2 aromatic carbocycles. The third kappa shape index (κ3) is 4.42. The van der Waals surface area contributed by atoms with E-state index in [4.69, 9.17) is 11.6 Å². The first-order valence-corrected chi connectivity index (χ1v) is 13.3. The molecule has 2 aliphatic rings. The lowest BCUT2D eigenvalue weighted by Gasteiger charge is -2.47. The van der Waals surface area contributed by atoms with Crippen LogP contribution in [-0.2, 0) is 14.9 Å². The Labute approximate surface area is 208 Å². The minimum atomic E-state index is -5.77. The summed E-state index contributed by atoms with van der Waals surface area (Å²) in [7, 11) is -5.77. The molecule has 2 fully saturated rings. The van der Waals surface area contributed by atoms with Crippen LogP contribution in [0.2, 0.25) is 5.02 Å². The number of amides is 1. The largest absolute Gasteiger partial charge is 0.534 e. The van der Waals surface area contributed by atoms with Gasteiger partial charge in [0.15, 0.2) is 0 Å². The molecule has 0 radical (unpaired) electrons. The lowest BCUT2D eigenvalue weighted by molar-refractivity contribution is -0.131. The quantitative estimate of drug-likeness (QED) is 0.377. The van der Waals surface area contributed by atoms with Crippen LogP contribution in [0.25, 0.3) is 0 Å². The molecule has 1 heterocycles. The third-order valence-electron chi connectivity index (χ3n) is 7.65. The van der Waals surface area contributed by atoms with E-state index in [9.17, 15) is 26.4 Å². The molecule has 10 heteroatoms. The van der Waals surface area contributed by atoms with Crippen molar-refractivity contribution in [2.45, 2.75) is 63.4 Å². The van der Waals surface area contributed by atoms with Gasteiger partial charge in [-0.3, -0.25) is 4.79 Å². The molecule has 1 saturated carbocycles. The Morgan fingerprint density at radius 2 is 1.83 bits per heavy atom. The van der Waals surface area contributed by atoms with Gasteiger partial charge in [0, 0.05) is 17.0 Å². The summed E-state index contributed by atoms with van der Waals surface area (Å²) in [6.07, 6.45) is 2.06. The molecule has 0 bridgehead atoms. The molecule has 1 aliphatic carbocycles. The van der Waals surface area contributed by atoms with Gasteiger partial charge < -0.3 is 9.50 Å². The Hall–Kier alpha value is -2.26. The third-order valence-corrected chi connectivity index (χ3v) is 8.96. The monoisotopic (exact) mass is 529 g/mol. The van der Waals surface area contributed by atoms with Crippen molar-refractivity contribution in [2.75, 3.05) is 0 Å². The van der Waals surface area contributed by atoms with Gasteiger partial charge >= 0.3 is 15.6 Å². The number of benzene rings is 2. The van der Waals surface area contributed by atoms with E-state index in [2.05, 4.69) is 9.50 Å². The molecule has 5 nitrogen and oxygen atoms in total. The first-order valence-electron chi connectivity index (χ1n) is 11.5. The lowest BCUT2D eigenvalue weighted by atomic mass is 9.54. The molecule has 1 N–H and O–H groups in total. The molecule has 1 saturated heterocycles. The maximum atomic E-state index is 13.1. The van der Waals surface area contributed by atoms with Crippen molar-refractivity contribution in [2.24, 2.45) is 11.3 Å². The van der Waals surface area contributed by atoms with Crippen LogP contribution in [0.4, 0.5) is 13.2 Å². The maximum absolute atomic E-state index is 13.1. The summed E-state index contributed by atoms with van der Waals surface area (Å²) in [5.74, 6) is -0.698. The molecule has 0 spiro atoms. The molecule has 0 aromatic heterocycles. The Morgan fingerprint density at radius 1 is 1.17 bits per heavy atom. The van der Waals surface area contributed by atoms with Crippen molar-refractivity contribution in [1.82, 2.24) is 5.32 Å². The molecule has 0 unspecified atom stereocenters. The smallest absolute Gasteiger partial charge is 0.376 e. The minimum Gasteiger partial charge on any atom is -0.376 e. The molecule has 4 rings (SSSR count). The first-order chi connectivity index (χ1) is 16.3. The predicted molar refractivity (Wildman–Crippen MR) is 127 cm³/mol. The van der Waals surface area contributed by atoms with E-state index < -0.39 is 26.8 Å². The topological polar surface area (TPSA) is 72.5 Å². The minimum absolute atomic E-state index is 0.0205. The molecule has 2 aromatic rings. The van der Waals surface area contributed by atoms with Gasteiger partial charge in [0.2, 0.25) is 5.91 Å². The van der Waals surface area contributed by atoms with E-state index in [1.165, 1.54) is 12.1 Å². The van der Waals surface area contributed by atoms with Gasteiger partial charge in [-0.25, -0.2) is 0 Å². The number of fused-ring (bicyclic) bond motifs is 1. The van der Waals surface area contributed by atoms with Crippen molar-refractivity contribution in [1.29, 1.82) is 0 Å². The zero-order valence-electron chi connectivity index (χ0n) is 19.5. The summed E-state index contributed by atoms with van der Waals surface area (Å²) in [4.78, 5) is 13.1. The maximum Gasteiger partial charge on any atom is 0.534 e. The Morgan fingerprint density at radius 3 is 2.40 bits per heavy atom. The SMILES string of the molecule is CC[C@@]12CC[C@@H](c3ccc(C)cc3Cl)[C@H](c3ccc(OS(=O)(=O)C(F)(F)F)cc3)[C@@H]1[C@@H](C)NC2=O. The number of aryl methyl sites for hydroxylation is 1. The fraction of sp³-hybridized carbons (Fsp3) is 0.480. The van der Waals surface area contributed by atoms with Crippen LogP contribution in [0, 0.1) is 18.3 Å². The van der Waals surface area contributed by atoms with E-state index in [0.29, 0.717) is 24.3 Å². The van der Waals surface area contributed by atoms with E-state index >= 15 is 0 Å². The Kier molecular flexibility index (Phi) is 6.64. The number of alkyl halides is 3. The van der Waals surface area contributed by atoms with Crippen molar-refractivity contribution in [3.05, 3.63) is 64.2 Å². The molecular weight excluding hydrogens is 503 g/mol. The van der Waals surface area contributed by atoms with E-state index in [1.807, 2.05) is 39.0 Å². The fourth-order valence-corrected chi connectivity index (χ4v) is 6.90. The van der Waals surface area contributed by atoms with Gasteiger partial charge in [0.25, 0.3) is 0 Å². The van der Waals surface area contributed by atoms with Crippen molar-refractivity contribution in [3.63, 3.8) is 0 Å². The number of hydrogen-bond acceptors (Lipinski definition) is 4. The van der Waals surface area contributed by atoms with Gasteiger partial charge in [-0.2, -0.15) is 21.6 Å². The highest BCUT2D eigenvalue weighted by molar-refractivity contribution is 7.88. The van der Waals surface area contributed by atoms with Crippen molar-refractivity contribution >= 4 is 27.6 Å². The molecule has 35 heavy (non-hydrogen) atoms. The molecular formula is C25H27ClF3NO4S. The fourth-order valence-electron chi connectivity index (χ4n) is 6.06. The van der Waals surface area contributed by atoms with Crippen LogP contribution >= 0.6 is 11.6 Å². The standard InChI is InChI=1S/C25H27ClF3NO4S/c1-4-24-12-11-19(18-10-5-14(2)13-20(18)26)21(22(24)15(3)30-23(24)31)16-6-8-17(9-7-16)34-35(32,33)25(27,28)29/h5-10,13,15,19,21-22H,4,11-12H2,1-3H3,(H,30,31)/t15-,19+,21+,22+,24-/m1/s1. The highest BCUT2D eigenvalue weighted by atomic mass is 35.5. The number of hydrogen-bond donors (Lipinski definition) is 1. The van der Waals surface area contributed by atoms with Gasteiger partial charge in [0.05, 0.1) is 5.41 Å². The highest BCUT2D eigenvalue weighted by Gasteiger charge is 2.59. The van der Waals surface area contributed by atoms with Gasteiger partial charge in [-0.05, 0) is 79.8 Å². The first kappa shape index (κ1) is 25.8. The van der Waals surface area contributed by atoms with Gasteiger partial charge in [0.1, 0.15) is 5.75 Å². The second kappa shape index (κ2) is 9.00. The number of nitrogens with one attached hydrogen (secondary N) is 1. The van der Waals surface area contributed by atoms with Crippen LogP contribution < -0.4 is 9.50 Å². The highest BCUT2D eigenvalue weighted by Crippen LogP contribution is 2.60. The molecule has 1 amide bonds. The van der Waals surface area contributed by atoms with Crippen LogP contribution in [0.3, 0.4) is 0 Å². The molecule has 5 atom stereocenters. The zero-order valence-corrected chi connectivity index (χ0v) is 21.1. The number of carbonyl (C=O) groups excluding carboxylic acids is 1. The van der Waals surface area contributed by atoms with Crippen molar-refractivity contribution < 1.29 is 30.6 Å². The van der Waals surface area contributed by atoms with E-state index in [0.717, 1.165) is 16.7 Å². The lowest BCUT2D eigenvalue weighted by Crippen LogP contribution is -2.43. The average Bonchev–Trinajstić information content (AvgIpc) is 3.03. The second-order valence-electron chi connectivity index (χ2n) is 9.55. The summed E-state index contributed by atoms with van der Waals surface area (Å²) < 4.78 is 65.3. The van der Waals surface area contributed by atoms with Crippen LogP contribution in [0.15, 0.2) is 42.5 Å². The zero-order chi connectivity index (χ0) is 25.8. The average molecular weight is 530 g/mol. The summed E-state index contributed by atoms with van der Waals surface area (Å²) >= 11 is 6.66. The number of rotatable bonds is 5. The van der Waals surface area contributed by atoms with Crippen LogP contribution in [0.5, 0.6) is 5.75 Å². The van der Waals surface area contributed by atoms with Crippen molar-refractivity contribution in [3.8, 4) is 5.75 Å². The predicted octanol–water partition coefficient (Wildman–Crippen LogP) is 6.07.